The summed E-state index contributed by atoms with van der Waals surface area (Å²) in [7, 11) is 0. The van der Waals surface area contributed by atoms with Crippen molar-refractivity contribution in [3.8, 4) is 11.5 Å². The van der Waals surface area contributed by atoms with Gasteiger partial charge in [0.25, 0.3) is 0 Å². The molecule has 0 bridgehead atoms. The monoisotopic (exact) mass is 284 g/mol. The number of hydrogen-bond donors (Lipinski definition) is 2. The second-order valence-electron chi connectivity index (χ2n) is 4.59. The van der Waals surface area contributed by atoms with Gasteiger partial charge in [0.15, 0.2) is 0 Å². The molecule has 0 aliphatic rings. The Labute approximate surface area is 125 Å². The van der Waals surface area contributed by atoms with Crippen LogP contribution >= 0.6 is 0 Å². The van der Waals surface area contributed by atoms with Crippen LogP contribution in [-0.4, -0.2) is 19.0 Å². The van der Waals surface area contributed by atoms with Crippen molar-refractivity contribution in [1.29, 1.82) is 0 Å². The maximum Gasteiger partial charge on any atom is 0.225 e. The number of benzene rings is 2. The third-order valence-corrected chi connectivity index (χ3v) is 2.90. The lowest BCUT2D eigenvalue weighted by Gasteiger charge is -2.08. The van der Waals surface area contributed by atoms with Crippen molar-refractivity contribution in [2.45, 2.75) is 13.3 Å². The summed E-state index contributed by atoms with van der Waals surface area (Å²) < 4.78 is 5.70. The van der Waals surface area contributed by atoms with Gasteiger partial charge in [0.05, 0.1) is 0 Å². The highest BCUT2D eigenvalue weighted by Gasteiger charge is 2.02. The van der Waals surface area contributed by atoms with Crippen molar-refractivity contribution in [3.05, 3.63) is 54.6 Å². The lowest BCUT2D eigenvalue weighted by Crippen LogP contribution is -2.21. The van der Waals surface area contributed by atoms with Crippen LogP contribution in [-0.2, 0) is 4.79 Å². The molecule has 0 aliphatic heterocycles. The SMILES string of the molecule is CCNCCC(=O)Nc1ccc(Oc2ccccc2)cc1. The van der Waals surface area contributed by atoms with Gasteiger partial charge in [-0.25, -0.2) is 0 Å². The molecular formula is C17H20N2O2. The maximum absolute atomic E-state index is 11.7. The molecule has 2 aromatic carbocycles. The Kier molecular flexibility index (Phi) is 5.79. The summed E-state index contributed by atoms with van der Waals surface area (Å²) in [4.78, 5) is 11.7. The van der Waals surface area contributed by atoms with Crippen LogP contribution in [0.1, 0.15) is 13.3 Å². The summed E-state index contributed by atoms with van der Waals surface area (Å²) in [5.74, 6) is 1.54. The van der Waals surface area contributed by atoms with Crippen LogP contribution in [0.3, 0.4) is 0 Å². The Balaban J connectivity index is 1.85. The molecule has 0 fully saturated rings. The molecule has 4 heteroatoms. The van der Waals surface area contributed by atoms with Crippen molar-refractivity contribution < 1.29 is 9.53 Å². The van der Waals surface area contributed by atoms with Crippen molar-refractivity contribution in [2.75, 3.05) is 18.4 Å². The molecular weight excluding hydrogens is 264 g/mol. The zero-order chi connectivity index (χ0) is 14.9. The van der Waals surface area contributed by atoms with Gasteiger partial charge in [-0.1, -0.05) is 25.1 Å². The summed E-state index contributed by atoms with van der Waals surface area (Å²) in [6, 6.07) is 16.9. The fourth-order valence-electron chi connectivity index (χ4n) is 1.83. The molecule has 0 heterocycles. The number of rotatable bonds is 7. The normalized spacial score (nSPS) is 10.1. The molecule has 0 aliphatic carbocycles. The number of para-hydroxylation sites is 1. The van der Waals surface area contributed by atoms with Gasteiger partial charge >= 0.3 is 0 Å². The number of anilines is 1. The Bertz CT molecular complexity index is 553. The first-order chi connectivity index (χ1) is 10.3. The molecule has 2 aromatic rings. The lowest BCUT2D eigenvalue weighted by molar-refractivity contribution is -0.116. The van der Waals surface area contributed by atoms with Crippen LogP contribution in [0.5, 0.6) is 11.5 Å². The van der Waals surface area contributed by atoms with E-state index in [-0.39, 0.29) is 5.91 Å². The summed E-state index contributed by atoms with van der Waals surface area (Å²) in [6.07, 6.45) is 0.468. The van der Waals surface area contributed by atoms with Crippen LogP contribution in [0.2, 0.25) is 0 Å². The molecule has 0 unspecified atom stereocenters. The summed E-state index contributed by atoms with van der Waals surface area (Å²) in [6.45, 7) is 3.58. The minimum Gasteiger partial charge on any atom is -0.457 e. The third kappa shape index (κ3) is 5.28. The smallest absolute Gasteiger partial charge is 0.225 e. The molecule has 110 valence electrons. The zero-order valence-electron chi connectivity index (χ0n) is 12.1. The quantitative estimate of drug-likeness (QED) is 0.766. The fourth-order valence-corrected chi connectivity index (χ4v) is 1.83. The topological polar surface area (TPSA) is 50.4 Å². The average molecular weight is 284 g/mol. The number of nitrogens with one attached hydrogen (secondary N) is 2. The molecule has 1 amide bonds. The first-order valence-corrected chi connectivity index (χ1v) is 7.11. The van der Waals surface area contributed by atoms with Crippen LogP contribution < -0.4 is 15.4 Å². The highest BCUT2D eigenvalue weighted by atomic mass is 16.5. The highest BCUT2D eigenvalue weighted by molar-refractivity contribution is 5.90. The Morgan fingerprint density at radius 2 is 1.67 bits per heavy atom. The molecule has 0 spiro atoms. The predicted octanol–water partition coefficient (Wildman–Crippen LogP) is 3.42. The van der Waals surface area contributed by atoms with Crippen molar-refractivity contribution in [1.82, 2.24) is 5.32 Å². The molecule has 0 aromatic heterocycles. The van der Waals surface area contributed by atoms with Gasteiger partial charge in [0, 0.05) is 18.7 Å². The molecule has 21 heavy (non-hydrogen) atoms. The Morgan fingerprint density at radius 1 is 1.00 bits per heavy atom. The minimum absolute atomic E-state index is 0.00711. The summed E-state index contributed by atoms with van der Waals surface area (Å²) in [5, 5.41) is 5.98. The Morgan fingerprint density at radius 3 is 2.33 bits per heavy atom. The predicted molar refractivity (Wildman–Crippen MR) is 84.7 cm³/mol. The zero-order valence-corrected chi connectivity index (χ0v) is 12.1. The fraction of sp³-hybridized carbons (Fsp3) is 0.235. The number of carbonyl (C=O) groups excluding carboxylic acids is 1. The number of carbonyl (C=O) groups is 1. The minimum atomic E-state index is 0.00711. The van der Waals surface area contributed by atoms with Crippen molar-refractivity contribution in [2.24, 2.45) is 0 Å². The van der Waals surface area contributed by atoms with E-state index in [0.717, 1.165) is 23.7 Å². The maximum atomic E-state index is 11.7. The van der Waals surface area contributed by atoms with Crippen LogP contribution in [0.25, 0.3) is 0 Å². The van der Waals surface area contributed by atoms with Gasteiger partial charge < -0.3 is 15.4 Å². The third-order valence-electron chi connectivity index (χ3n) is 2.90. The Hall–Kier alpha value is -2.33. The van der Waals surface area contributed by atoms with E-state index in [4.69, 9.17) is 4.74 Å². The van der Waals surface area contributed by atoms with Gasteiger partial charge in [0.2, 0.25) is 5.91 Å². The summed E-state index contributed by atoms with van der Waals surface area (Å²) in [5.41, 5.74) is 0.775. The van der Waals surface area contributed by atoms with Crippen LogP contribution in [0.15, 0.2) is 54.6 Å². The van der Waals surface area contributed by atoms with E-state index in [2.05, 4.69) is 10.6 Å². The molecule has 2 rings (SSSR count). The molecule has 4 nitrogen and oxygen atoms in total. The molecule has 0 saturated carbocycles. The van der Waals surface area contributed by atoms with E-state index >= 15 is 0 Å². The van der Waals surface area contributed by atoms with E-state index in [9.17, 15) is 4.79 Å². The van der Waals surface area contributed by atoms with Gasteiger partial charge in [-0.15, -0.1) is 0 Å². The molecule has 0 saturated heterocycles. The second-order valence-corrected chi connectivity index (χ2v) is 4.59. The number of hydrogen-bond acceptors (Lipinski definition) is 3. The van der Waals surface area contributed by atoms with Gasteiger partial charge in [-0.2, -0.15) is 0 Å². The van der Waals surface area contributed by atoms with Crippen LogP contribution in [0.4, 0.5) is 5.69 Å². The number of ether oxygens (including phenoxy) is 1. The van der Waals surface area contributed by atoms with Gasteiger partial charge in [-0.05, 0) is 42.9 Å². The number of amides is 1. The van der Waals surface area contributed by atoms with E-state index in [1.165, 1.54) is 0 Å². The molecule has 2 N–H and O–H groups in total. The van der Waals surface area contributed by atoms with E-state index < -0.39 is 0 Å². The van der Waals surface area contributed by atoms with E-state index in [1.807, 2.05) is 61.5 Å². The summed E-state index contributed by atoms with van der Waals surface area (Å²) >= 11 is 0. The highest BCUT2D eigenvalue weighted by Crippen LogP contribution is 2.22. The van der Waals surface area contributed by atoms with E-state index in [1.54, 1.807) is 0 Å². The average Bonchev–Trinajstić information content (AvgIpc) is 2.51. The van der Waals surface area contributed by atoms with Crippen molar-refractivity contribution >= 4 is 11.6 Å². The first-order valence-electron chi connectivity index (χ1n) is 7.11. The lowest BCUT2D eigenvalue weighted by atomic mass is 10.3. The standard InChI is InChI=1S/C17H20N2O2/c1-2-18-13-12-17(20)19-14-8-10-16(11-9-14)21-15-6-4-3-5-7-15/h3-11,18H,2,12-13H2,1H3,(H,19,20). The van der Waals surface area contributed by atoms with Gasteiger partial charge in [-0.3, -0.25) is 4.79 Å². The van der Waals surface area contributed by atoms with E-state index in [0.29, 0.717) is 13.0 Å². The largest absolute Gasteiger partial charge is 0.457 e. The first kappa shape index (κ1) is 15.1. The van der Waals surface area contributed by atoms with Gasteiger partial charge in [0.1, 0.15) is 11.5 Å². The molecule has 0 atom stereocenters. The van der Waals surface area contributed by atoms with Crippen LogP contribution in [0, 0.1) is 0 Å². The van der Waals surface area contributed by atoms with Crippen molar-refractivity contribution in [3.63, 3.8) is 0 Å². The molecule has 0 radical (unpaired) electrons. The second kappa shape index (κ2) is 8.07.